The van der Waals surface area contributed by atoms with E-state index in [1.54, 1.807) is 6.92 Å². The normalized spacial score (nSPS) is 11.8. The van der Waals surface area contributed by atoms with Crippen LogP contribution in [0.2, 0.25) is 0 Å². The topological polar surface area (TPSA) is 111 Å². The van der Waals surface area contributed by atoms with Crippen LogP contribution in [0.3, 0.4) is 0 Å². The summed E-state index contributed by atoms with van der Waals surface area (Å²) in [6.07, 6.45) is 0.137. The number of aromatic nitrogens is 2. The molecule has 0 saturated carbocycles. The van der Waals surface area contributed by atoms with Crippen LogP contribution in [-0.2, 0) is 16.4 Å². The number of rotatable bonds is 5. The van der Waals surface area contributed by atoms with Crippen LogP contribution >= 0.6 is 0 Å². The van der Waals surface area contributed by atoms with Crippen molar-refractivity contribution in [3.05, 3.63) is 35.5 Å². The van der Waals surface area contributed by atoms with Gasteiger partial charge in [0, 0.05) is 13.0 Å². The number of halogens is 2. The Morgan fingerprint density at radius 3 is 2.71 bits per heavy atom. The van der Waals surface area contributed by atoms with E-state index >= 15 is 0 Å². The number of hydrogen-bond acceptors (Lipinski definition) is 6. The third-order valence-corrected chi connectivity index (χ3v) is 4.06. The molecule has 0 unspecified atom stereocenters. The summed E-state index contributed by atoms with van der Waals surface area (Å²) >= 11 is 0. The van der Waals surface area contributed by atoms with E-state index in [1.165, 1.54) is 0 Å². The number of nitrogen functional groups attached to an aromatic ring is 1. The first-order valence-electron chi connectivity index (χ1n) is 5.83. The molecule has 3 N–H and O–H groups in total. The first kappa shape index (κ1) is 15.3. The number of nitrogens with zero attached hydrogens (tertiary/aromatic N) is 2. The van der Waals surface area contributed by atoms with Gasteiger partial charge in [-0.1, -0.05) is 5.16 Å². The van der Waals surface area contributed by atoms with Gasteiger partial charge in [0.15, 0.2) is 11.6 Å². The molecule has 7 nitrogen and oxygen atoms in total. The molecule has 1 aromatic heterocycles. The molecule has 0 bridgehead atoms. The summed E-state index contributed by atoms with van der Waals surface area (Å²) in [6.45, 7) is 1.54. The molecule has 0 aliphatic heterocycles. The maximum atomic E-state index is 13.7. The lowest BCUT2D eigenvalue weighted by Crippen LogP contribution is -2.27. The van der Waals surface area contributed by atoms with Crippen LogP contribution in [0.1, 0.15) is 11.7 Å². The Morgan fingerprint density at radius 1 is 1.38 bits per heavy atom. The summed E-state index contributed by atoms with van der Waals surface area (Å²) < 4.78 is 57.5. The smallest absolute Gasteiger partial charge is 0.243 e. The summed E-state index contributed by atoms with van der Waals surface area (Å²) in [5.41, 5.74) is 4.28. The SMILES string of the molecule is Cc1noc(CCNS(=O)(=O)c2ccc(F)c(N)c2F)n1. The van der Waals surface area contributed by atoms with Gasteiger partial charge in [-0.15, -0.1) is 0 Å². The lowest BCUT2D eigenvalue weighted by Gasteiger charge is -2.08. The number of nitrogens with one attached hydrogen (secondary N) is 1. The van der Waals surface area contributed by atoms with Crippen molar-refractivity contribution in [3.63, 3.8) is 0 Å². The lowest BCUT2D eigenvalue weighted by molar-refractivity contribution is 0.375. The van der Waals surface area contributed by atoms with Crippen molar-refractivity contribution in [2.75, 3.05) is 12.3 Å². The van der Waals surface area contributed by atoms with Crippen molar-refractivity contribution < 1.29 is 21.7 Å². The minimum absolute atomic E-state index is 0.0827. The van der Waals surface area contributed by atoms with E-state index in [-0.39, 0.29) is 18.9 Å². The summed E-state index contributed by atoms with van der Waals surface area (Å²) in [5.74, 6) is -1.68. The van der Waals surface area contributed by atoms with Crippen molar-refractivity contribution in [1.82, 2.24) is 14.9 Å². The maximum absolute atomic E-state index is 13.7. The first-order chi connectivity index (χ1) is 9.81. The van der Waals surface area contributed by atoms with Gasteiger partial charge in [0.05, 0.1) is 0 Å². The van der Waals surface area contributed by atoms with Crippen LogP contribution in [-0.4, -0.2) is 25.1 Å². The summed E-state index contributed by atoms with van der Waals surface area (Å²) in [5, 5.41) is 3.54. The Labute approximate surface area is 119 Å². The molecule has 0 amide bonds. The highest BCUT2D eigenvalue weighted by Crippen LogP contribution is 2.22. The highest BCUT2D eigenvalue weighted by atomic mass is 32.2. The molecule has 0 saturated heterocycles. The molecule has 1 aromatic carbocycles. The Balaban J connectivity index is 2.10. The molecule has 2 aromatic rings. The fraction of sp³-hybridized carbons (Fsp3) is 0.273. The van der Waals surface area contributed by atoms with Crippen LogP contribution in [0.15, 0.2) is 21.6 Å². The van der Waals surface area contributed by atoms with E-state index in [2.05, 4.69) is 14.9 Å². The van der Waals surface area contributed by atoms with Crippen LogP contribution in [0.5, 0.6) is 0 Å². The van der Waals surface area contributed by atoms with E-state index in [4.69, 9.17) is 10.3 Å². The number of anilines is 1. The van der Waals surface area contributed by atoms with Crippen LogP contribution in [0, 0.1) is 18.6 Å². The largest absolute Gasteiger partial charge is 0.394 e. The minimum Gasteiger partial charge on any atom is -0.394 e. The van der Waals surface area contributed by atoms with Gasteiger partial charge >= 0.3 is 0 Å². The van der Waals surface area contributed by atoms with E-state index in [0.717, 1.165) is 12.1 Å². The molecule has 0 fully saturated rings. The second-order valence-electron chi connectivity index (χ2n) is 4.16. The molecule has 10 heteroatoms. The van der Waals surface area contributed by atoms with Crippen LogP contribution < -0.4 is 10.5 Å². The predicted molar refractivity (Wildman–Crippen MR) is 68.7 cm³/mol. The summed E-state index contributed by atoms with van der Waals surface area (Å²) in [7, 11) is -4.16. The van der Waals surface area contributed by atoms with E-state index in [9.17, 15) is 17.2 Å². The van der Waals surface area contributed by atoms with E-state index < -0.39 is 32.2 Å². The highest BCUT2D eigenvalue weighted by Gasteiger charge is 2.22. The van der Waals surface area contributed by atoms with Gasteiger partial charge in [-0.3, -0.25) is 0 Å². The molecular weight excluding hydrogens is 306 g/mol. The Morgan fingerprint density at radius 2 is 2.10 bits per heavy atom. The second-order valence-corrected chi connectivity index (χ2v) is 5.89. The molecule has 2 rings (SSSR count). The molecule has 0 atom stereocenters. The second kappa shape index (κ2) is 5.74. The Hall–Kier alpha value is -2.07. The molecule has 0 spiro atoms. The summed E-state index contributed by atoms with van der Waals surface area (Å²) in [4.78, 5) is 3.17. The molecule has 1 heterocycles. The van der Waals surface area contributed by atoms with Crippen molar-refractivity contribution in [1.29, 1.82) is 0 Å². The molecule has 0 radical (unpaired) electrons. The number of nitrogens with two attached hydrogens (primary N) is 1. The number of sulfonamides is 1. The maximum Gasteiger partial charge on any atom is 0.243 e. The third kappa shape index (κ3) is 3.34. The molecule has 0 aliphatic rings. The van der Waals surface area contributed by atoms with E-state index in [0.29, 0.717) is 5.82 Å². The average molecular weight is 318 g/mol. The van der Waals surface area contributed by atoms with Gasteiger partial charge in [-0.2, -0.15) is 4.98 Å². The number of hydrogen-bond donors (Lipinski definition) is 2. The first-order valence-corrected chi connectivity index (χ1v) is 7.32. The van der Waals surface area contributed by atoms with Crippen molar-refractivity contribution >= 4 is 15.7 Å². The summed E-state index contributed by atoms with van der Waals surface area (Å²) in [6, 6.07) is 1.59. The zero-order chi connectivity index (χ0) is 15.6. The molecule has 21 heavy (non-hydrogen) atoms. The highest BCUT2D eigenvalue weighted by molar-refractivity contribution is 7.89. The Kier molecular flexibility index (Phi) is 4.19. The fourth-order valence-corrected chi connectivity index (χ4v) is 2.69. The average Bonchev–Trinajstić information content (AvgIpc) is 2.81. The lowest BCUT2D eigenvalue weighted by atomic mass is 10.3. The predicted octanol–water partition coefficient (Wildman–Crippen LogP) is 0.759. The van der Waals surface area contributed by atoms with Crippen molar-refractivity contribution in [2.45, 2.75) is 18.2 Å². The number of aryl methyl sites for hydroxylation is 1. The van der Waals surface area contributed by atoms with Gasteiger partial charge in [0.25, 0.3) is 0 Å². The van der Waals surface area contributed by atoms with Gasteiger partial charge in [0.1, 0.15) is 16.4 Å². The van der Waals surface area contributed by atoms with Gasteiger partial charge < -0.3 is 10.3 Å². The van der Waals surface area contributed by atoms with Gasteiger partial charge in [-0.25, -0.2) is 21.9 Å². The van der Waals surface area contributed by atoms with Gasteiger partial charge in [0.2, 0.25) is 15.9 Å². The molecule has 0 aliphatic carbocycles. The zero-order valence-electron chi connectivity index (χ0n) is 10.9. The van der Waals surface area contributed by atoms with E-state index in [1.807, 2.05) is 0 Å². The molecule has 114 valence electrons. The standard InChI is InChI=1S/C11H12F2N4O3S/c1-6-16-9(20-17-6)4-5-15-21(18,19)8-3-2-7(12)11(14)10(8)13/h2-3,15H,4-5,14H2,1H3. The van der Waals surface area contributed by atoms with Crippen LogP contribution in [0.4, 0.5) is 14.5 Å². The van der Waals surface area contributed by atoms with Crippen molar-refractivity contribution in [3.8, 4) is 0 Å². The van der Waals surface area contributed by atoms with Crippen LogP contribution in [0.25, 0.3) is 0 Å². The zero-order valence-corrected chi connectivity index (χ0v) is 11.7. The third-order valence-electron chi connectivity index (χ3n) is 2.58. The minimum atomic E-state index is -4.16. The fourth-order valence-electron chi connectivity index (χ4n) is 1.57. The number of benzene rings is 1. The van der Waals surface area contributed by atoms with Gasteiger partial charge in [-0.05, 0) is 19.1 Å². The van der Waals surface area contributed by atoms with Crippen molar-refractivity contribution in [2.24, 2.45) is 0 Å². The monoisotopic (exact) mass is 318 g/mol. The quantitative estimate of drug-likeness (QED) is 0.787. The molecular formula is C11H12F2N4O3S. The Bertz CT molecular complexity index is 761.